The zero-order valence-corrected chi connectivity index (χ0v) is 32.6. The molecule has 1 rings (SSSR count). The number of carbonyl (C=O) groups is 3. The molecule has 1 saturated heterocycles. The van der Waals surface area contributed by atoms with Gasteiger partial charge in [-0.3, -0.25) is 9.59 Å². The van der Waals surface area contributed by atoms with Crippen molar-refractivity contribution in [2.45, 2.75) is 163 Å². The Bertz CT molecular complexity index is 963. The van der Waals surface area contributed by atoms with Crippen LogP contribution in [0.4, 0.5) is 0 Å². The first-order valence-electron chi connectivity index (χ1n) is 16.8. The molecule has 0 N–H and O–H groups in total. The van der Waals surface area contributed by atoms with E-state index in [-0.39, 0.29) is 36.9 Å². The van der Waals surface area contributed by atoms with Crippen LogP contribution in [0.2, 0.25) is 18.1 Å². The summed E-state index contributed by atoms with van der Waals surface area (Å²) >= 11 is 0. The fourth-order valence-electron chi connectivity index (χ4n) is 4.45. The van der Waals surface area contributed by atoms with Crippen molar-refractivity contribution in [1.29, 1.82) is 0 Å². The zero-order valence-electron chi connectivity index (χ0n) is 31.6. The molecule has 0 aromatic rings. The summed E-state index contributed by atoms with van der Waals surface area (Å²) in [5.74, 6) is -0.903. The van der Waals surface area contributed by atoms with Crippen LogP contribution in [0.3, 0.4) is 0 Å². The molecule has 9 heteroatoms. The maximum atomic E-state index is 12.4. The van der Waals surface area contributed by atoms with Gasteiger partial charge >= 0.3 is 17.9 Å². The third-order valence-corrected chi connectivity index (χ3v) is 13.3. The summed E-state index contributed by atoms with van der Waals surface area (Å²) in [7, 11) is 0.754. The average Bonchev–Trinajstić information content (AvgIpc) is 2.97. The van der Waals surface area contributed by atoms with Gasteiger partial charge in [-0.05, 0) is 56.8 Å². The quantitative estimate of drug-likeness (QED) is 0.0420. The molecule has 0 aliphatic carbocycles. The Balaban J connectivity index is -0.00000108. The summed E-state index contributed by atoms with van der Waals surface area (Å²) < 4.78 is 28.5. The van der Waals surface area contributed by atoms with Crippen molar-refractivity contribution in [3.63, 3.8) is 0 Å². The van der Waals surface area contributed by atoms with Gasteiger partial charge < -0.3 is 23.4 Å². The second kappa shape index (κ2) is 24.0. The maximum Gasteiger partial charge on any atom is 0.330 e. The number of unbranched alkanes of at least 4 members (excludes halogenated alkanes) is 4. The van der Waals surface area contributed by atoms with E-state index in [0.717, 1.165) is 12.8 Å². The second-order valence-electron chi connectivity index (χ2n) is 14.1. The molecule has 0 radical (unpaired) electrons. The fourth-order valence-corrected chi connectivity index (χ4v) is 5.60. The van der Waals surface area contributed by atoms with Crippen LogP contribution in [0.15, 0.2) is 37.0 Å². The summed E-state index contributed by atoms with van der Waals surface area (Å²) in [4.78, 5) is 35.2. The molecule has 0 spiro atoms. The number of hydrogen-bond acceptors (Lipinski definition) is 8. The van der Waals surface area contributed by atoms with Crippen LogP contribution in [0.5, 0.6) is 0 Å². The van der Waals surface area contributed by atoms with Gasteiger partial charge in [-0.15, -0.1) is 13.2 Å². The standard InChI is InChI=1S/C25H44O6Si.C9H18O2.C3H6.CH4/c1-12-14-19-15-18(16-21(27)28-9)22(30-20(26)13-2)25(8,31-19)24(6,7)17-29-32(10,11)23(3,4)5;1-3-4-5-6-7-8-9(10)11-2;1-3-2;/h12,16,19,22H,1,13-15,17H2,2-11H3;3-8H2,1-2H3;3H,1H2,2H3;1H4/b18-16+;;;/t19-,22+,25-;;;/m1.../s1. The lowest BCUT2D eigenvalue weighted by Crippen LogP contribution is -2.62. The number of esters is 3. The molecule has 3 atom stereocenters. The fraction of sp³-hybridized carbons (Fsp3) is 0.763. The highest BCUT2D eigenvalue weighted by Gasteiger charge is 2.56. The predicted molar refractivity (Wildman–Crippen MR) is 198 cm³/mol. The van der Waals surface area contributed by atoms with Gasteiger partial charge in [-0.1, -0.05) is 93.7 Å². The Morgan fingerprint density at radius 2 is 1.53 bits per heavy atom. The molecule has 0 saturated carbocycles. The summed E-state index contributed by atoms with van der Waals surface area (Å²) in [6.07, 6.45) is 11.9. The molecule has 1 aliphatic rings. The number of methoxy groups -OCH3 is 2. The predicted octanol–water partition coefficient (Wildman–Crippen LogP) is 9.93. The van der Waals surface area contributed by atoms with Crippen LogP contribution in [-0.2, 0) is 37.8 Å². The molecule has 0 aromatic heterocycles. The second-order valence-corrected chi connectivity index (χ2v) is 18.9. The molecule has 1 aliphatic heterocycles. The Morgan fingerprint density at radius 1 is 0.979 bits per heavy atom. The van der Waals surface area contributed by atoms with E-state index in [4.69, 9.17) is 18.6 Å². The summed E-state index contributed by atoms with van der Waals surface area (Å²) in [5, 5.41) is 0.0623. The Labute approximate surface area is 290 Å². The molecule has 276 valence electrons. The van der Waals surface area contributed by atoms with Crippen molar-refractivity contribution in [1.82, 2.24) is 0 Å². The zero-order chi connectivity index (χ0) is 36.2. The molecule has 0 bridgehead atoms. The van der Waals surface area contributed by atoms with Crippen molar-refractivity contribution in [3.05, 3.63) is 37.0 Å². The average molecular weight is 685 g/mol. The largest absolute Gasteiger partial charge is 0.469 e. The summed E-state index contributed by atoms with van der Waals surface area (Å²) in [6.45, 7) is 30.6. The molecule has 47 heavy (non-hydrogen) atoms. The third kappa shape index (κ3) is 17.7. The van der Waals surface area contributed by atoms with Crippen molar-refractivity contribution in [2.24, 2.45) is 5.41 Å². The summed E-state index contributed by atoms with van der Waals surface area (Å²) in [6, 6.07) is 0. The van der Waals surface area contributed by atoms with Gasteiger partial charge in [-0.25, -0.2) is 4.79 Å². The lowest BCUT2D eigenvalue weighted by atomic mass is 9.68. The SMILES string of the molecule is C.C=CC.C=CC[C@@H]1C/C(=C\C(=O)OC)[C@H](OC(=O)CC)[C@](C)(C(C)(C)CO[Si](C)(C)C(C)(C)C)O1.CCCCCCCC(=O)OC. The maximum absolute atomic E-state index is 12.4. The number of rotatable bonds is 15. The number of hydrogen-bond donors (Lipinski definition) is 0. The Hall–Kier alpha value is -2.23. The normalized spacial score (nSPS) is 20.2. The van der Waals surface area contributed by atoms with Crippen LogP contribution < -0.4 is 0 Å². The van der Waals surface area contributed by atoms with E-state index in [1.807, 2.05) is 13.8 Å². The molecule has 8 nitrogen and oxygen atoms in total. The minimum absolute atomic E-state index is 0. The van der Waals surface area contributed by atoms with Crippen molar-refractivity contribution >= 4 is 26.2 Å². The van der Waals surface area contributed by atoms with Gasteiger partial charge in [0, 0.05) is 30.9 Å². The minimum atomic E-state index is -2.02. The van der Waals surface area contributed by atoms with Crippen molar-refractivity contribution in [3.8, 4) is 0 Å². The molecular formula is C38H72O8Si. The van der Waals surface area contributed by atoms with E-state index in [1.165, 1.54) is 39.6 Å². The van der Waals surface area contributed by atoms with E-state index in [0.29, 0.717) is 31.4 Å². The first-order valence-corrected chi connectivity index (χ1v) is 19.7. The van der Waals surface area contributed by atoms with Crippen LogP contribution in [0.1, 0.15) is 128 Å². The van der Waals surface area contributed by atoms with Gasteiger partial charge in [0.1, 0.15) is 5.60 Å². The van der Waals surface area contributed by atoms with Crippen LogP contribution in [0, 0.1) is 5.41 Å². The van der Waals surface area contributed by atoms with E-state index in [1.54, 1.807) is 19.1 Å². The van der Waals surface area contributed by atoms with E-state index < -0.39 is 31.4 Å². The number of carbonyl (C=O) groups excluding carboxylic acids is 3. The molecule has 1 fully saturated rings. The van der Waals surface area contributed by atoms with Gasteiger partial charge in [0.25, 0.3) is 0 Å². The van der Waals surface area contributed by atoms with Gasteiger partial charge in [-0.2, -0.15) is 0 Å². The molecule has 0 unspecified atom stereocenters. The van der Waals surface area contributed by atoms with Crippen molar-refractivity contribution < 1.29 is 37.8 Å². The minimum Gasteiger partial charge on any atom is -0.469 e. The highest BCUT2D eigenvalue weighted by atomic mass is 28.4. The molecule has 0 amide bonds. The third-order valence-electron chi connectivity index (χ3n) is 8.84. The smallest absolute Gasteiger partial charge is 0.330 e. The first kappa shape index (κ1) is 49.2. The van der Waals surface area contributed by atoms with Gasteiger partial charge in [0.15, 0.2) is 14.4 Å². The summed E-state index contributed by atoms with van der Waals surface area (Å²) in [5.41, 5.74) is -0.762. The lowest BCUT2D eigenvalue weighted by Gasteiger charge is -2.54. The number of allylic oxidation sites excluding steroid dienone is 1. The van der Waals surface area contributed by atoms with E-state index >= 15 is 0 Å². The van der Waals surface area contributed by atoms with Crippen LogP contribution in [0.25, 0.3) is 0 Å². The van der Waals surface area contributed by atoms with E-state index in [9.17, 15) is 14.4 Å². The molecule has 1 heterocycles. The van der Waals surface area contributed by atoms with Crippen LogP contribution >= 0.6 is 0 Å². The monoisotopic (exact) mass is 684 g/mol. The van der Waals surface area contributed by atoms with Crippen LogP contribution in [-0.4, -0.2) is 64.9 Å². The van der Waals surface area contributed by atoms with E-state index in [2.05, 4.69) is 72.5 Å². The Kier molecular flexibility index (Phi) is 25.1. The highest BCUT2D eigenvalue weighted by Crippen LogP contribution is 2.48. The van der Waals surface area contributed by atoms with Gasteiger partial charge in [0.05, 0.1) is 20.3 Å². The molecular weight excluding hydrogens is 612 g/mol. The first-order chi connectivity index (χ1) is 21.3. The topological polar surface area (TPSA) is 97.4 Å². The van der Waals surface area contributed by atoms with Gasteiger partial charge in [0.2, 0.25) is 0 Å². The lowest BCUT2D eigenvalue weighted by molar-refractivity contribution is -0.227. The molecule has 0 aromatic carbocycles. The Morgan fingerprint density at radius 3 is 1.98 bits per heavy atom. The number of ether oxygens (including phenoxy) is 4. The van der Waals surface area contributed by atoms with Crippen molar-refractivity contribution in [2.75, 3.05) is 20.8 Å². The highest BCUT2D eigenvalue weighted by molar-refractivity contribution is 6.74.